The Bertz CT molecular complexity index is 957. The summed E-state index contributed by atoms with van der Waals surface area (Å²) < 4.78 is 10.4. The quantitative estimate of drug-likeness (QED) is 0.590. The maximum Gasteiger partial charge on any atom is 0.291 e. The van der Waals surface area contributed by atoms with Gasteiger partial charge in [0.25, 0.3) is 11.8 Å². The average molecular weight is 419 g/mol. The number of hydrogen-bond donors (Lipinski definition) is 2. The van der Waals surface area contributed by atoms with Crippen molar-refractivity contribution in [1.29, 1.82) is 0 Å². The number of rotatable bonds is 7. The Morgan fingerprint density at radius 1 is 1.04 bits per heavy atom. The van der Waals surface area contributed by atoms with E-state index in [0.29, 0.717) is 28.0 Å². The molecular formula is C20H16Cl2N2O4. The van der Waals surface area contributed by atoms with Crippen LogP contribution in [0.5, 0.6) is 5.75 Å². The summed E-state index contributed by atoms with van der Waals surface area (Å²) in [7, 11) is 0. The molecule has 0 aliphatic carbocycles. The first-order valence-corrected chi connectivity index (χ1v) is 9.05. The molecule has 2 aromatic carbocycles. The third kappa shape index (κ3) is 5.52. The number of hydrogen-bond acceptors (Lipinski definition) is 4. The number of carbonyl (C=O) groups excluding carboxylic acids is 2. The zero-order valence-corrected chi connectivity index (χ0v) is 16.1. The number of benzene rings is 2. The second-order valence-corrected chi connectivity index (χ2v) is 6.61. The topological polar surface area (TPSA) is 80.6 Å². The molecule has 0 radical (unpaired) electrons. The molecule has 3 aromatic rings. The second kappa shape index (κ2) is 9.30. The first-order valence-electron chi connectivity index (χ1n) is 8.29. The van der Waals surface area contributed by atoms with Crippen molar-refractivity contribution in [2.24, 2.45) is 0 Å². The molecule has 2 N–H and O–H groups in total. The van der Waals surface area contributed by atoms with Gasteiger partial charge in [0.2, 0.25) is 0 Å². The van der Waals surface area contributed by atoms with Crippen LogP contribution in [-0.2, 0) is 11.3 Å². The van der Waals surface area contributed by atoms with Gasteiger partial charge in [0.1, 0.15) is 5.75 Å². The summed E-state index contributed by atoms with van der Waals surface area (Å²) in [5.41, 5.74) is 1.49. The largest absolute Gasteiger partial charge is 0.482 e. The first-order chi connectivity index (χ1) is 13.5. The Hall–Kier alpha value is -2.96. The molecule has 8 heteroatoms. The third-order valence-electron chi connectivity index (χ3n) is 3.70. The molecule has 0 aliphatic rings. The predicted octanol–water partition coefficient (Wildman–Crippen LogP) is 4.53. The Balaban J connectivity index is 1.45. The van der Waals surface area contributed by atoms with Crippen molar-refractivity contribution in [3.63, 3.8) is 0 Å². The van der Waals surface area contributed by atoms with Crippen LogP contribution in [0.4, 0.5) is 5.69 Å². The van der Waals surface area contributed by atoms with Crippen LogP contribution < -0.4 is 15.4 Å². The zero-order chi connectivity index (χ0) is 19.9. The fraction of sp³-hybridized carbons (Fsp3) is 0.100. The molecule has 0 bridgehead atoms. The van der Waals surface area contributed by atoms with Gasteiger partial charge in [-0.05, 0) is 48.0 Å². The molecular weight excluding hydrogens is 403 g/mol. The predicted molar refractivity (Wildman–Crippen MR) is 107 cm³/mol. The fourth-order valence-electron chi connectivity index (χ4n) is 2.29. The number of nitrogens with one attached hydrogen (secondary N) is 2. The van der Waals surface area contributed by atoms with Crippen molar-refractivity contribution in [2.75, 3.05) is 11.9 Å². The van der Waals surface area contributed by atoms with Crippen molar-refractivity contribution >= 4 is 40.7 Å². The van der Waals surface area contributed by atoms with Gasteiger partial charge in [0, 0.05) is 17.3 Å². The monoisotopic (exact) mass is 418 g/mol. The molecule has 2 amide bonds. The molecule has 0 spiro atoms. The van der Waals surface area contributed by atoms with E-state index in [4.69, 9.17) is 32.4 Å². The fourth-order valence-corrected chi connectivity index (χ4v) is 2.76. The van der Waals surface area contributed by atoms with E-state index in [9.17, 15) is 9.59 Å². The highest BCUT2D eigenvalue weighted by Crippen LogP contribution is 2.27. The van der Waals surface area contributed by atoms with Crippen molar-refractivity contribution in [2.45, 2.75) is 6.54 Å². The molecule has 0 saturated carbocycles. The van der Waals surface area contributed by atoms with E-state index in [-0.39, 0.29) is 24.2 Å². The zero-order valence-electron chi connectivity index (χ0n) is 14.6. The lowest BCUT2D eigenvalue weighted by Gasteiger charge is -2.09. The van der Waals surface area contributed by atoms with Crippen LogP contribution in [0.3, 0.4) is 0 Å². The van der Waals surface area contributed by atoms with E-state index in [2.05, 4.69) is 10.6 Å². The van der Waals surface area contributed by atoms with Crippen LogP contribution in [0, 0.1) is 0 Å². The molecule has 0 atom stereocenters. The highest BCUT2D eigenvalue weighted by atomic mass is 35.5. The van der Waals surface area contributed by atoms with Gasteiger partial charge in [-0.25, -0.2) is 0 Å². The summed E-state index contributed by atoms with van der Waals surface area (Å²) in [5, 5.41) is 6.30. The van der Waals surface area contributed by atoms with Crippen molar-refractivity contribution in [3.05, 3.63) is 82.2 Å². The maximum atomic E-state index is 11.9. The Morgan fingerprint density at radius 3 is 2.50 bits per heavy atom. The molecule has 28 heavy (non-hydrogen) atoms. The van der Waals surface area contributed by atoms with E-state index in [0.717, 1.165) is 5.56 Å². The first kappa shape index (κ1) is 19.8. The van der Waals surface area contributed by atoms with Crippen molar-refractivity contribution in [3.8, 4) is 5.75 Å². The van der Waals surface area contributed by atoms with Gasteiger partial charge in [-0.15, -0.1) is 0 Å². The lowest BCUT2D eigenvalue weighted by atomic mass is 10.2. The number of carbonyl (C=O) groups is 2. The lowest BCUT2D eigenvalue weighted by molar-refractivity contribution is -0.123. The third-order valence-corrected chi connectivity index (χ3v) is 4.23. The summed E-state index contributed by atoms with van der Waals surface area (Å²) in [6.07, 6.45) is 1.44. The van der Waals surface area contributed by atoms with Crippen LogP contribution in [0.1, 0.15) is 16.1 Å². The number of anilines is 1. The molecule has 144 valence electrons. The minimum Gasteiger partial charge on any atom is -0.482 e. The van der Waals surface area contributed by atoms with Crippen molar-refractivity contribution in [1.82, 2.24) is 5.32 Å². The highest BCUT2D eigenvalue weighted by molar-refractivity contribution is 6.35. The Labute approximate surface area is 171 Å². The van der Waals surface area contributed by atoms with Gasteiger partial charge in [0.15, 0.2) is 12.4 Å². The molecule has 6 nitrogen and oxygen atoms in total. The SMILES string of the molecule is O=C(COc1ccc(Cl)cc1Cl)NCc1ccc(NC(=O)c2ccco2)cc1. The number of amides is 2. The summed E-state index contributed by atoms with van der Waals surface area (Å²) in [4.78, 5) is 23.9. The number of ether oxygens (including phenoxy) is 1. The van der Waals surface area contributed by atoms with Gasteiger partial charge in [0.05, 0.1) is 11.3 Å². The highest BCUT2D eigenvalue weighted by Gasteiger charge is 2.09. The molecule has 0 saturated heterocycles. The molecule has 0 aliphatic heterocycles. The van der Waals surface area contributed by atoms with Crippen LogP contribution >= 0.6 is 23.2 Å². The van der Waals surface area contributed by atoms with E-state index in [1.54, 1.807) is 54.6 Å². The molecule has 0 fully saturated rings. The average Bonchev–Trinajstić information content (AvgIpc) is 3.22. The molecule has 0 unspecified atom stereocenters. The lowest BCUT2D eigenvalue weighted by Crippen LogP contribution is -2.28. The van der Waals surface area contributed by atoms with Crippen LogP contribution in [0.25, 0.3) is 0 Å². The van der Waals surface area contributed by atoms with E-state index >= 15 is 0 Å². The number of halogens is 2. The molecule has 1 aromatic heterocycles. The smallest absolute Gasteiger partial charge is 0.291 e. The summed E-state index contributed by atoms with van der Waals surface area (Å²) in [6.45, 7) is 0.154. The summed E-state index contributed by atoms with van der Waals surface area (Å²) in [6, 6.07) is 15.1. The Morgan fingerprint density at radius 2 is 1.82 bits per heavy atom. The summed E-state index contributed by atoms with van der Waals surface area (Å²) >= 11 is 11.8. The Kier molecular flexibility index (Phi) is 6.57. The van der Waals surface area contributed by atoms with Gasteiger partial charge >= 0.3 is 0 Å². The van der Waals surface area contributed by atoms with Crippen molar-refractivity contribution < 1.29 is 18.7 Å². The van der Waals surface area contributed by atoms with E-state index in [1.807, 2.05) is 0 Å². The van der Waals surface area contributed by atoms with Gasteiger partial charge < -0.3 is 19.8 Å². The van der Waals surface area contributed by atoms with Gasteiger partial charge in [-0.1, -0.05) is 35.3 Å². The van der Waals surface area contributed by atoms with Crippen LogP contribution in [0.2, 0.25) is 10.0 Å². The van der Waals surface area contributed by atoms with Gasteiger partial charge in [-0.2, -0.15) is 0 Å². The van der Waals surface area contributed by atoms with Crippen LogP contribution in [0.15, 0.2) is 65.3 Å². The minimum atomic E-state index is -0.330. The van der Waals surface area contributed by atoms with E-state index in [1.165, 1.54) is 6.26 Å². The normalized spacial score (nSPS) is 10.4. The molecule has 3 rings (SSSR count). The summed E-state index contributed by atoms with van der Waals surface area (Å²) in [5.74, 6) is 0.000255. The number of furan rings is 1. The van der Waals surface area contributed by atoms with Crippen LogP contribution in [-0.4, -0.2) is 18.4 Å². The second-order valence-electron chi connectivity index (χ2n) is 5.77. The minimum absolute atomic E-state index is 0.168. The molecule has 1 heterocycles. The standard InChI is InChI=1S/C20H16Cl2N2O4/c21-14-5-8-17(16(22)10-14)28-12-19(25)23-11-13-3-6-15(7-4-13)24-20(26)18-2-1-9-27-18/h1-10H,11-12H2,(H,23,25)(H,24,26). The van der Waals surface area contributed by atoms with Gasteiger partial charge in [-0.3, -0.25) is 9.59 Å². The van der Waals surface area contributed by atoms with E-state index < -0.39 is 0 Å². The maximum absolute atomic E-state index is 11.9.